The minimum Gasteiger partial charge on any atom is -0.448 e. The van der Waals surface area contributed by atoms with E-state index in [9.17, 15) is 27.2 Å². The molecule has 0 unspecified atom stereocenters. The first-order valence-corrected chi connectivity index (χ1v) is 10.1. The van der Waals surface area contributed by atoms with E-state index in [0.717, 1.165) is 24.3 Å². The second-order valence-corrected chi connectivity index (χ2v) is 7.79. The van der Waals surface area contributed by atoms with Crippen LogP contribution in [0.3, 0.4) is 0 Å². The van der Waals surface area contributed by atoms with Crippen molar-refractivity contribution < 1.29 is 31.9 Å². The summed E-state index contributed by atoms with van der Waals surface area (Å²) < 4.78 is 59.0. The minimum absolute atomic E-state index is 0.117. The number of benzene rings is 2. The SMILES string of the molecule is CN(C)CCOC(=O)N1C/C(=C\c2ccc(F)c(F)c2)C(=O)/C(=C/c2ccc(F)c(F)c2)C1. The lowest BCUT2D eigenvalue weighted by molar-refractivity contribution is -0.113. The number of piperidine rings is 1. The maximum absolute atomic E-state index is 13.6. The van der Waals surface area contributed by atoms with E-state index < -0.39 is 35.1 Å². The molecule has 5 nitrogen and oxygen atoms in total. The van der Waals surface area contributed by atoms with Crippen molar-refractivity contribution >= 4 is 24.0 Å². The molecule has 174 valence electrons. The highest BCUT2D eigenvalue weighted by molar-refractivity contribution is 6.15. The fourth-order valence-corrected chi connectivity index (χ4v) is 3.18. The molecular weight excluding hydrogens is 440 g/mol. The highest BCUT2D eigenvalue weighted by Gasteiger charge is 2.30. The molecule has 1 aliphatic heterocycles. The van der Waals surface area contributed by atoms with Gasteiger partial charge in [0, 0.05) is 17.7 Å². The van der Waals surface area contributed by atoms with E-state index in [2.05, 4.69) is 0 Å². The molecule has 1 heterocycles. The van der Waals surface area contributed by atoms with Crippen LogP contribution in [-0.4, -0.2) is 62.0 Å². The van der Waals surface area contributed by atoms with E-state index >= 15 is 0 Å². The predicted molar refractivity (Wildman–Crippen MR) is 115 cm³/mol. The molecule has 1 aliphatic rings. The predicted octanol–water partition coefficient (Wildman–Crippen LogP) is 4.29. The Kier molecular flexibility index (Phi) is 7.65. The molecule has 0 saturated carbocycles. The monoisotopic (exact) mass is 462 g/mol. The minimum atomic E-state index is -1.08. The van der Waals surface area contributed by atoms with Crippen LogP contribution >= 0.6 is 0 Å². The summed E-state index contributed by atoms with van der Waals surface area (Å²) in [5.74, 6) is -4.67. The standard InChI is InChI=1S/C24H22F4N2O3/c1-29(2)7-8-33-24(32)30-13-17(9-15-3-5-19(25)21(27)11-15)23(31)18(14-30)10-16-4-6-20(26)22(28)12-16/h3-6,9-12H,7-8,13-14H2,1-2H3/b17-9+,18-10+. The van der Waals surface area contributed by atoms with Gasteiger partial charge < -0.3 is 9.64 Å². The Bertz CT molecular complexity index is 1060. The lowest BCUT2D eigenvalue weighted by Crippen LogP contribution is -2.42. The Balaban J connectivity index is 1.94. The number of hydrogen-bond donors (Lipinski definition) is 0. The maximum Gasteiger partial charge on any atom is 0.410 e. The van der Waals surface area contributed by atoms with Gasteiger partial charge in [-0.1, -0.05) is 12.1 Å². The van der Waals surface area contributed by atoms with Crippen LogP contribution in [0.2, 0.25) is 0 Å². The van der Waals surface area contributed by atoms with Crippen molar-refractivity contribution in [2.75, 3.05) is 40.3 Å². The zero-order valence-corrected chi connectivity index (χ0v) is 18.1. The molecule has 1 amide bonds. The van der Waals surface area contributed by atoms with Crippen molar-refractivity contribution in [3.05, 3.63) is 81.9 Å². The number of halogens is 4. The van der Waals surface area contributed by atoms with E-state index in [0.29, 0.717) is 6.54 Å². The van der Waals surface area contributed by atoms with Crippen LogP contribution in [0.15, 0.2) is 47.5 Å². The Morgan fingerprint density at radius 3 is 1.82 bits per heavy atom. The van der Waals surface area contributed by atoms with Gasteiger partial charge in [-0.25, -0.2) is 22.4 Å². The van der Waals surface area contributed by atoms with Crippen molar-refractivity contribution in [1.29, 1.82) is 0 Å². The smallest absolute Gasteiger partial charge is 0.410 e. The van der Waals surface area contributed by atoms with Crippen molar-refractivity contribution in [3.8, 4) is 0 Å². The molecule has 1 fully saturated rings. The molecule has 3 rings (SSSR count). The van der Waals surface area contributed by atoms with Crippen LogP contribution < -0.4 is 0 Å². The largest absolute Gasteiger partial charge is 0.448 e. The number of likely N-dealkylation sites (tertiary alicyclic amines) is 1. The Morgan fingerprint density at radius 2 is 1.39 bits per heavy atom. The van der Waals surface area contributed by atoms with Gasteiger partial charge in [-0.3, -0.25) is 9.69 Å². The first kappa shape index (κ1) is 24.2. The topological polar surface area (TPSA) is 49.9 Å². The number of ketones is 1. The fourth-order valence-electron chi connectivity index (χ4n) is 3.18. The van der Waals surface area contributed by atoms with Gasteiger partial charge in [0.15, 0.2) is 29.1 Å². The van der Waals surface area contributed by atoms with Gasteiger partial charge in [-0.2, -0.15) is 0 Å². The molecule has 0 radical (unpaired) electrons. The summed E-state index contributed by atoms with van der Waals surface area (Å²) in [6.45, 7) is 0.385. The zero-order chi connectivity index (χ0) is 24.1. The Labute approximate surface area is 188 Å². The second kappa shape index (κ2) is 10.4. The van der Waals surface area contributed by atoms with Gasteiger partial charge in [-0.05, 0) is 61.6 Å². The van der Waals surface area contributed by atoms with Gasteiger partial charge in [0.1, 0.15) is 6.61 Å². The quantitative estimate of drug-likeness (QED) is 0.491. The number of carbonyl (C=O) groups excluding carboxylic acids is 2. The molecule has 33 heavy (non-hydrogen) atoms. The number of rotatable bonds is 5. The normalized spacial score (nSPS) is 16.7. The van der Waals surface area contributed by atoms with Gasteiger partial charge >= 0.3 is 6.09 Å². The van der Waals surface area contributed by atoms with E-state index in [1.54, 1.807) is 0 Å². The summed E-state index contributed by atoms with van der Waals surface area (Å²) in [6.07, 6.45) is 2.03. The summed E-state index contributed by atoms with van der Waals surface area (Å²) in [6, 6.07) is 6.32. The summed E-state index contributed by atoms with van der Waals surface area (Å²) in [7, 11) is 3.64. The second-order valence-electron chi connectivity index (χ2n) is 7.79. The molecule has 0 N–H and O–H groups in total. The summed E-state index contributed by atoms with van der Waals surface area (Å²) in [4.78, 5) is 28.7. The van der Waals surface area contributed by atoms with Crippen LogP contribution in [0.1, 0.15) is 11.1 Å². The average molecular weight is 462 g/mol. The third kappa shape index (κ3) is 6.29. The lowest BCUT2D eigenvalue weighted by atomic mass is 9.94. The van der Waals surface area contributed by atoms with Gasteiger partial charge in [0.25, 0.3) is 0 Å². The van der Waals surface area contributed by atoms with Crippen LogP contribution in [0.4, 0.5) is 22.4 Å². The number of ether oxygens (including phenoxy) is 1. The van der Waals surface area contributed by atoms with E-state index in [1.807, 2.05) is 19.0 Å². The summed E-state index contributed by atoms with van der Waals surface area (Å²) in [5.41, 5.74) is 0.718. The molecule has 0 bridgehead atoms. The highest BCUT2D eigenvalue weighted by atomic mass is 19.2. The number of carbonyl (C=O) groups is 2. The molecule has 1 saturated heterocycles. The number of likely N-dealkylation sites (N-methyl/N-ethyl adjacent to an activating group) is 1. The summed E-state index contributed by atoms with van der Waals surface area (Å²) in [5, 5.41) is 0. The average Bonchev–Trinajstić information content (AvgIpc) is 2.75. The molecule has 2 aromatic carbocycles. The van der Waals surface area contributed by atoms with Crippen molar-refractivity contribution in [2.24, 2.45) is 0 Å². The van der Waals surface area contributed by atoms with Crippen LogP contribution in [-0.2, 0) is 9.53 Å². The van der Waals surface area contributed by atoms with Crippen LogP contribution in [0, 0.1) is 23.3 Å². The first-order chi connectivity index (χ1) is 15.6. The number of nitrogens with zero attached hydrogens (tertiary/aromatic N) is 2. The van der Waals surface area contributed by atoms with Crippen LogP contribution in [0.25, 0.3) is 12.2 Å². The molecule has 2 aromatic rings. The van der Waals surface area contributed by atoms with E-state index in [-0.39, 0.29) is 42.0 Å². The van der Waals surface area contributed by atoms with Crippen molar-refractivity contribution in [2.45, 2.75) is 0 Å². The first-order valence-electron chi connectivity index (χ1n) is 10.1. The maximum atomic E-state index is 13.6. The van der Waals surface area contributed by atoms with Crippen molar-refractivity contribution in [3.63, 3.8) is 0 Å². The number of Topliss-reactive ketones (excluding diaryl/α,β-unsaturated/α-hetero) is 1. The van der Waals surface area contributed by atoms with E-state index in [1.165, 1.54) is 29.2 Å². The molecule has 0 atom stereocenters. The van der Waals surface area contributed by atoms with Crippen molar-refractivity contribution in [1.82, 2.24) is 9.80 Å². The van der Waals surface area contributed by atoms with Crippen LogP contribution in [0.5, 0.6) is 0 Å². The highest BCUT2D eigenvalue weighted by Crippen LogP contribution is 2.24. The molecule has 0 aliphatic carbocycles. The Hall–Kier alpha value is -3.46. The van der Waals surface area contributed by atoms with E-state index in [4.69, 9.17) is 4.74 Å². The molecule has 0 spiro atoms. The molecule has 0 aromatic heterocycles. The van der Waals surface area contributed by atoms with Gasteiger partial charge in [0.05, 0.1) is 13.1 Å². The third-order valence-electron chi connectivity index (χ3n) is 4.90. The zero-order valence-electron chi connectivity index (χ0n) is 18.1. The molecule has 9 heteroatoms. The van der Waals surface area contributed by atoms with Gasteiger partial charge in [0.2, 0.25) is 0 Å². The van der Waals surface area contributed by atoms with Gasteiger partial charge in [-0.15, -0.1) is 0 Å². The third-order valence-corrected chi connectivity index (χ3v) is 4.90. The summed E-state index contributed by atoms with van der Waals surface area (Å²) >= 11 is 0. The lowest BCUT2D eigenvalue weighted by Gasteiger charge is -2.29. The number of hydrogen-bond acceptors (Lipinski definition) is 4. The Morgan fingerprint density at radius 1 is 0.909 bits per heavy atom. The molecular formula is C24H22F4N2O3. The fraction of sp³-hybridized carbons (Fsp3) is 0.250. The number of amides is 1.